The summed E-state index contributed by atoms with van der Waals surface area (Å²) in [6.07, 6.45) is 8.24. The molecule has 0 amide bonds. The normalized spacial score (nSPS) is 27.8. The van der Waals surface area contributed by atoms with Crippen LogP contribution in [0.2, 0.25) is 0 Å². The molecule has 2 nitrogen and oxygen atoms in total. The Kier molecular flexibility index (Phi) is 5.40. The fourth-order valence-corrected chi connectivity index (χ4v) is 3.25. The maximum Gasteiger partial charge on any atom is 0.0507 e. The van der Waals surface area contributed by atoms with Gasteiger partial charge >= 0.3 is 0 Å². The standard InChI is InChI=1S/C13H24ClNO/c14-7-8-15(10-12-6-9-16-11-12)13-4-2-1-3-5-13/h12-13H,1-11H2. The van der Waals surface area contributed by atoms with E-state index in [0.717, 1.165) is 37.6 Å². The van der Waals surface area contributed by atoms with Gasteiger partial charge in [0.15, 0.2) is 0 Å². The van der Waals surface area contributed by atoms with Crippen LogP contribution in [0, 0.1) is 5.92 Å². The number of rotatable bonds is 5. The maximum absolute atomic E-state index is 5.93. The average Bonchev–Trinajstić information content (AvgIpc) is 2.83. The Morgan fingerprint density at radius 3 is 2.56 bits per heavy atom. The van der Waals surface area contributed by atoms with Crippen molar-refractivity contribution in [1.29, 1.82) is 0 Å². The quantitative estimate of drug-likeness (QED) is 0.691. The van der Waals surface area contributed by atoms with Gasteiger partial charge in [-0.05, 0) is 25.2 Å². The second kappa shape index (κ2) is 6.83. The van der Waals surface area contributed by atoms with Gasteiger partial charge < -0.3 is 4.74 Å². The summed E-state index contributed by atoms with van der Waals surface area (Å²) in [5.41, 5.74) is 0. The van der Waals surface area contributed by atoms with Gasteiger partial charge in [-0.1, -0.05) is 19.3 Å². The summed E-state index contributed by atoms with van der Waals surface area (Å²) < 4.78 is 5.46. The predicted molar refractivity (Wildman–Crippen MR) is 68.1 cm³/mol. The highest BCUT2D eigenvalue weighted by Gasteiger charge is 2.25. The van der Waals surface area contributed by atoms with Crippen LogP contribution in [0.15, 0.2) is 0 Å². The Morgan fingerprint density at radius 1 is 1.12 bits per heavy atom. The highest BCUT2D eigenvalue weighted by atomic mass is 35.5. The molecule has 0 N–H and O–H groups in total. The molecule has 1 saturated heterocycles. The first-order chi connectivity index (χ1) is 7.90. The van der Waals surface area contributed by atoms with E-state index in [1.165, 1.54) is 45.1 Å². The molecular formula is C13H24ClNO. The Bertz CT molecular complexity index is 188. The van der Waals surface area contributed by atoms with E-state index >= 15 is 0 Å². The number of nitrogens with zero attached hydrogens (tertiary/aromatic N) is 1. The summed E-state index contributed by atoms with van der Waals surface area (Å²) in [5, 5.41) is 0. The Labute approximate surface area is 104 Å². The fourth-order valence-electron chi connectivity index (χ4n) is 3.04. The van der Waals surface area contributed by atoms with Crippen LogP contribution < -0.4 is 0 Å². The highest BCUT2D eigenvalue weighted by molar-refractivity contribution is 6.18. The molecule has 94 valence electrons. The van der Waals surface area contributed by atoms with Crippen LogP contribution in [0.25, 0.3) is 0 Å². The smallest absolute Gasteiger partial charge is 0.0507 e. The fraction of sp³-hybridized carbons (Fsp3) is 1.00. The molecule has 2 rings (SSSR count). The number of ether oxygens (including phenoxy) is 1. The molecule has 1 heterocycles. The molecule has 0 spiro atoms. The van der Waals surface area contributed by atoms with Crippen molar-refractivity contribution in [3.05, 3.63) is 0 Å². The van der Waals surface area contributed by atoms with Crippen molar-refractivity contribution >= 4 is 11.6 Å². The Balaban J connectivity index is 1.82. The molecule has 1 unspecified atom stereocenters. The second-order valence-corrected chi connectivity index (χ2v) is 5.58. The monoisotopic (exact) mass is 245 g/mol. The molecular weight excluding hydrogens is 222 g/mol. The van der Waals surface area contributed by atoms with E-state index in [1.54, 1.807) is 0 Å². The van der Waals surface area contributed by atoms with Gasteiger partial charge in [-0.25, -0.2) is 0 Å². The summed E-state index contributed by atoms with van der Waals surface area (Å²) in [6.45, 7) is 4.19. The van der Waals surface area contributed by atoms with Crippen molar-refractivity contribution in [3.8, 4) is 0 Å². The van der Waals surface area contributed by atoms with E-state index in [4.69, 9.17) is 16.3 Å². The zero-order valence-corrected chi connectivity index (χ0v) is 10.9. The summed E-state index contributed by atoms with van der Waals surface area (Å²) in [5.74, 6) is 1.52. The van der Waals surface area contributed by atoms with Crippen molar-refractivity contribution in [2.24, 2.45) is 5.92 Å². The van der Waals surface area contributed by atoms with Crippen LogP contribution in [0.1, 0.15) is 38.5 Å². The van der Waals surface area contributed by atoms with Crippen LogP contribution in [0.4, 0.5) is 0 Å². The molecule has 0 aromatic heterocycles. The zero-order chi connectivity index (χ0) is 11.2. The van der Waals surface area contributed by atoms with Gasteiger partial charge in [0, 0.05) is 31.6 Å². The number of halogens is 1. The van der Waals surface area contributed by atoms with Crippen molar-refractivity contribution < 1.29 is 4.74 Å². The van der Waals surface area contributed by atoms with Gasteiger partial charge in [-0.3, -0.25) is 4.90 Å². The van der Waals surface area contributed by atoms with E-state index in [1.807, 2.05) is 0 Å². The molecule has 0 aromatic rings. The Morgan fingerprint density at radius 2 is 1.94 bits per heavy atom. The lowest BCUT2D eigenvalue weighted by atomic mass is 9.93. The van der Waals surface area contributed by atoms with E-state index in [-0.39, 0.29) is 0 Å². The first-order valence-electron chi connectivity index (χ1n) is 6.78. The first-order valence-corrected chi connectivity index (χ1v) is 7.31. The summed E-state index contributed by atoms with van der Waals surface area (Å²) in [7, 11) is 0. The van der Waals surface area contributed by atoms with Gasteiger partial charge in [0.2, 0.25) is 0 Å². The number of hydrogen-bond donors (Lipinski definition) is 0. The van der Waals surface area contributed by atoms with Crippen molar-refractivity contribution in [2.45, 2.75) is 44.6 Å². The lowest BCUT2D eigenvalue weighted by Crippen LogP contribution is -2.41. The van der Waals surface area contributed by atoms with E-state index < -0.39 is 0 Å². The number of hydrogen-bond acceptors (Lipinski definition) is 2. The first kappa shape index (κ1) is 12.7. The molecule has 3 heteroatoms. The third-order valence-corrected chi connectivity index (χ3v) is 4.15. The Hall–Kier alpha value is 0.210. The van der Waals surface area contributed by atoms with Gasteiger partial charge in [0.25, 0.3) is 0 Å². The van der Waals surface area contributed by atoms with E-state index in [2.05, 4.69) is 4.90 Å². The average molecular weight is 246 g/mol. The topological polar surface area (TPSA) is 12.5 Å². The van der Waals surface area contributed by atoms with Crippen LogP contribution in [0.5, 0.6) is 0 Å². The van der Waals surface area contributed by atoms with E-state index in [0.29, 0.717) is 0 Å². The lowest BCUT2D eigenvalue weighted by molar-refractivity contribution is 0.127. The molecule has 2 fully saturated rings. The highest BCUT2D eigenvalue weighted by Crippen LogP contribution is 2.24. The van der Waals surface area contributed by atoms with Gasteiger partial charge in [-0.15, -0.1) is 11.6 Å². The minimum absolute atomic E-state index is 0.755. The van der Waals surface area contributed by atoms with Gasteiger partial charge in [0.05, 0.1) is 6.61 Å². The van der Waals surface area contributed by atoms with Crippen LogP contribution >= 0.6 is 11.6 Å². The molecule has 1 saturated carbocycles. The summed E-state index contributed by atoms with van der Waals surface area (Å²) in [6, 6.07) is 0.799. The van der Waals surface area contributed by atoms with Crippen molar-refractivity contribution in [3.63, 3.8) is 0 Å². The molecule has 2 aliphatic rings. The van der Waals surface area contributed by atoms with Crippen LogP contribution in [-0.2, 0) is 4.74 Å². The molecule has 1 atom stereocenters. The number of alkyl halides is 1. The molecule has 0 bridgehead atoms. The maximum atomic E-state index is 5.93. The summed E-state index contributed by atoms with van der Waals surface area (Å²) in [4.78, 5) is 2.63. The zero-order valence-electron chi connectivity index (χ0n) is 10.2. The second-order valence-electron chi connectivity index (χ2n) is 5.21. The van der Waals surface area contributed by atoms with Crippen molar-refractivity contribution in [1.82, 2.24) is 4.90 Å². The third-order valence-electron chi connectivity index (χ3n) is 3.98. The molecule has 1 aliphatic carbocycles. The lowest BCUT2D eigenvalue weighted by Gasteiger charge is -2.35. The van der Waals surface area contributed by atoms with E-state index in [9.17, 15) is 0 Å². The summed E-state index contributed by atoms with van der Waals surface area (Å²) >= 11 is 5.93. The third kappa shape index (κ3) is 3.61. The van der Waals surface area contributed by atoms with Gasteiger partial charge in [-0.2, -0.15) is 0 Å². The van der Waals surface area contributed by atoms with Crippen molar-refractivity contribution in [2.75, 3.05) is 32.2 Å². The van der Waals surface area contributed by atoms with Crippen LogP contribution in [0.3, 0.4) is 0 Å². The largest absolute Gasteiger partial charge is 0.381 e. The van der Waals surface area contributed by atoms with Gasteiger partial charge in [0.1, 0.15) is 0 Å². The van der Waals surface area contributed by atoms with Crippen LogP contribution in [-0.4, -0.2) is 43.1 Å². The molecule has 0 radical (unpaired) electrons. The predicted octanol–water partition coefficient (Wildman–Crippen LogP) is 2.90. The minimum Gasteiger partial charge on any atom is -0.381 e. The SMILES string of the molecule is ClCCN(CC1CCOC1)C1CCCCC1. The molecule has 0 aromatic carbocycles. The minimum atomic E-state index is 0.755. The molecule has 16 heavy (non-hydrogen) atoms. The molecule has 1 aliphatic heterocycles.